The molecule has 0 spiro atoms. The van der Waals surface area contributed by atoms with Crippen LogP contribution in [-0.4, -0.2) is 5.97 Å². The summed E-state index contributed by atoms with van der Waals surface area (Å²) in [5.41, 5.74) is 0.106. The first-order valence-electron chi connectivity index (χ1n) is 2.77. The lowest BCUT2D eigenvalue weighted by molar-refractivity contribution is -0.255. The van der Waals surface area contributed by atoms with Crippen LogP contribution in [0, 0.1) is 0 Å². The number of carbonyl (C=O) groups is 1. The van der Waals surface area contributed by atoms with Crippen molar-refractivity contribution < 1.29 is 9.90 Å². The maximum absolute atomic E-state index is 10.3. The van der Waals surface area contributed by atoms with E-state index in [1.165, 1.54) is 18.2 Å². The van der Waals surface area contributed by atoms with Crippen molar-refractivity contribution in [2.24, 2.45) is 0 Å². The number of carboxylic acid groups (broad SMARTS) is 1. The second kappa shape index (κ2) is 3.24. The zero-order valence-electron chi connectivity index (χ0n) is 5.30. The van der Waals surface area contributed by atoms with E-state index in [-0.39, 0.29) is 5.56 Å². The Morgan fingerprint density at radius 1 is 1.55 bits per heavy atom. The molecule has 1 aromatic carbocycles. The normalized spacial score (nSPS) is 9.64. The topological polar surface area (TPSA) is 40.1 Å². The van der Waals surface area contributed by atoms with E-state index in [0.29, 0.717) is 9.50 Å². The minimum atomic E-state index is -1.21. The zero-order valence-corrected chi connectivity index (χ0v) is 7.65. The molecule has 0 aliphatic heterocycles. The van der Waals surface area contributed by atoms with E-state index in [0.717, 1.165) is 0 Å². The molecule has 58 valence electrons. The molecular weight excluding hydrogens is 231 g/mol. The molecule has 0 atom stereocenters. The van der Waals surface area contributed by atoms with Crippen LogP contribution in [0.25, 0.3) is 0 Å². The quantitative estimate of drug-likeness (QED) is 0.738. The van der Waals surface area contributed by atoms with Crippen LogP contribution in [0.1, 0.15) is 10.4 Å². The molecule has 0 heterocycles. The predicted octanol–water partition coefficient (Wildman–Crippen LogP) is 1.47. The van der Waals surface area contributed by atoms with Gasteiger partial charge in [-0.2, -0.15) is 0 Å². The highest BCUT2D eigenvalue weighted by Crippen LogP contribution is 2.20. The van der Waals surface area contributed by atoms with E-state index in [1.807, 2.05) is 0 Å². The van der Waals surface area contributed by atoms with Gasteiger partial charge in [-0.3, -0.25) is 0 Å². The second-order valence-corrected chi connectivity index (χ2v) is 3.20. The minimum absolute atomic E-state index is 0.106. The van der Waals surface area contributed by atoms with Crippen molar-refractivity contribution in [3.63, 3.8) is 0 Å². The Hall–Kier alpha value is -0.540. The lowest BCUT2D eigenvalue weighted by atomic mass is 10.2. The van der Waals surface area contributed by atoms with Crippen LogP contribution in [0.3, 0.4) is 0 Å². The molecule has 11 heavy (non-hydrogen) atoms. The average molecular weight is 234 g/mol. The molecule has 0 saturated heterocycles. The number of hydrogen-bond acceptors (Lipinski definition) is 2. The standard InChI is InChI=1S/C7H4BrClO2/c8-6-3-4(9)1-2-5(6)7(10)11/h1-3H,(H,10,11)/p-1. The third kappa shape index (κ3) is 1.94. The number of halogens is 2. The highest BCUT2D eigenvalue weighted by Gasteiger charge is 1.99. The third-order valence-electron chi connectivity index (χ3n) is 1.15. The van der Waals surface area contributed by atoms with Gasteiger partial charge in [-0.15, -0.1) is 0 Å². The van der Waals surface area contributed by atoms with E-state index in [9.17, 15) is 9.90 Å². The lowest BCUT2D eigenvalue weighted by Crippen LogP contribution is -2.22. The predicted molar refractivity (Wildman–Crippen MR) is 43.5 cm³/mol. The van der Waals surface area contributed by atoms with Crippen molar-refractivity contribution in [1.29, 1.82) is 0 Å². The number of benzene rings is 1. The van der Waals surface area contributed by atoms with Crippen molar-refractivity contribution in [3.05, 3.63) is 33.3 Å². The van der Waals surface area contributed by atoms with Gasteiger partial charge in [0.05, 0.1) is 5.97 Å². The number of hydrogen-bond donors (Lipinski definition) is 0. The number of carboxylic acids is 1. The fraction of sp³-hybridized carbons (Fsp3) is 0. The largest absolute Gasteiger partial charge is 0.545 e. The van der Waals surface area contributed by atoms with E-state index in [1.54, 1.807) is 0 Å². The summed E-state index contributed by atoms with van der Waals surface area (Å²) < 4.78 is 0.435. The maximum atomic E-state index is 10.3. The highest BCUT2D eigenvalue weighted by atomic mass is 79.9. The Bertz CT molecular complexity index is 298. The number of rotatable bonds is 1. The summed E-state index contributed by atoms with van der Waals surface area (Å²) in [6, 6.07) is 4.39. The second-order valence-electron chi connectivity index (χ2n) is 1.91. The first kappa shape index (κ1) is 8.56. The Balaban J connectivity index is 3.20. The van der Waals surface area contributed by atoms with Gasteiger partial charge in [-0.1, -0.05) is 33.6 Å². The van der Waals surface area contributed by atoms with Crippen LogP contribution in [0.2, 0.25) is 5.02 Å². The summed E-state index contributed by atoms with van der Waals surface area (Å²) in [7, 11) is 0. The Morgan fingerprint density at radius 3 is 2.64 bits per heavy atom. The van der Waals surface area contributed by atoms with Gasteiger partial charge in [0.1, 0.15) is 0 Å². The summed E-state index contributed by atoms with van der Waals surface area (Å²) in [4.78, 5) is 10.3. The van der Waals surface area contributed by atoms with Crippen LogP contribution in [0.5, 0.6) is 0 Å². The molecule has 4 heteroatoms. The minimum Gasteiger partial charge on any atom is -0.545 e. The van der Waals surface area contributed by atoms with Gasteiger partial charge in [-0.05, 0) is 12.1 Å². The van der Waals surface area contributed by atoms with Crippen molar-refractivity contribution in [1.82, 2.24) is 0 Å². The molecule has 0 amide bonds. The first-order valence-corrected chi connectivity index (χ1v) is 3.95. The molecule has 0 aliphatic rings. The third-order valence-corrected chi connectivity index (χ3v) is 2.04. The van der Waals surface area contributed by atoms with Gasteiger partial charge in [-0.25, -0.2) is 0 Å². The van der Waals surface area contributed by atoms with Crippen LogP contribution >= 0.6 is 27.5 Å². The van der Waals surface area contributed by atoms with Crippen molar-refractivity contribution >= 4 is 33.5 Å². The van der Waals surface area contributed by atoms with Gasteiger partial charge >= 0.3 is 0 Å². The molecule has 0 saturated carbocycles. The van der Waals surface area contributed by atoms with Crippen LogP contribution in [0.4, 0.5) is 0 Å². The molecule has 0 fully saturated rings. The molecule has 1 rings (SSSR count). The monoisotopic (exact) mass is 233 g/mol. The summed E-state index contributed by atoms with van der Waals surface area (Å²) in [6.07, 6.45) is 0. The first-order chi connectivity index (χ1) is 5.11. The smallest absolute Gasteiger partial charge is 0.0726 e. The van der Waals surface area contributed by atoms with E-state index >= 15 is 0 Å². The fourth-order valence-electron chi connectivity index (χ4n) is 0.655. The van der Waals surface area contributed by atoms with Gasteiger partial charge in [0.2, 0.25) is 0 Å². The van der Waals surface area contributed by atoms with E-state index in [2.05, 4.69) is 15.9 Å². The Kier molecular flexibility index (Phi) is 2.52. The van der Waals surface area contributed by atoms with Crippen LogP contribution in [0.15, 0.2) is 22.7 Å². The summed E-state index contributed by atoms with van der Waals surface area (Å²) in [6.45, 7) is 0. The average Bonchev–Trinajstić information content (AvgIpc) is 1.85. The van der Waals surface area contributed by atoms with Crippen molar-refractivity contribution in [2.75, 3.05) is 0 Å². The summed E-state index contributed by atoms with van der Waals surface area (Å²) >= 11 is 8.62. The van der Waals surface area contributed by atoms with E-state index in [4.69, 9.17) is 11.6 Å². The van der Waals surface area contributed by atoms with Crippen molar-refractivity contribution in [2.45, 2.75) is 0 Å². The van der Waals surface area contributed by atoms with Gasteiger partial charge in [0.25, 0.3) is 0 Å². The van der Waals surface area contributed by atoms with Gasteiger partial charge in [0.15, 0.2) is 0 Å². The zero-order chi connectivity index (χ0) is 8.43. The molecule has 0 bridgehead atoms. The summed E-state index contributed by atoms with van der Waals surface area (Å²) in [5.74, 6) is -1.21. The van der Waals surface area contributed by atoms with Crippen molar-refractivity contribution in [3.8, 4) is 0 Å². The molecule has 2 nitrogen and oxygen atoms in total. The molecular formula is C7H3BrClO2-. The molecule has 1 aromatic rings. The summed E-state index contributed by atoms with van der Waals surface area (Å²) in [5, 5.41) is 10.8. The van der Waals surface area contributed by atoms with Crippen LogP contribution < -0.4 is 5.11 Å². The SMILES string of the molecule is O=C([O-])c1ccc(Cl)cc1Br. The van der Waals surface area contributed by atoms with E-state index < -0.39 is 5.97 Å². The molecule has 0 N–H and O–H groups in total. The molecule has 0 unspecified atom stereocenters. The fourth-order valence-corrected chi connectivity index (χ4v) is 1.50. The number of carbonyl (C=O) groups excluding carboxylic acids is 1. The lowest BCUT2D eigenvalue weighted by Gasteiger charge is -2.04. The van der Waals surface area contributed by atoms with Crippen LogP contribution in [-0.2, 0) is 0 Å². The van der Waals surface area contributed by atoms with Gasteiger partial charge in [0, 0.05) is 15.1 Å². The molecule has 0 aromatic heterocycles. The maximum Gasteiger partial charge on any atom is 0.0726 e. The molecule has 0 aliphatic carbocycles. The van der Waals surface area contributed by atoms with Gasteiger partial charge < -0.3 is 9.90 Å². The Labute approximate surface area is 76.9 Å². The highest BCUT2D eigenvalue weighted by molar-refractivity contribution is 9.10. The Morgan fingerprint density at radius 2 is 2.18 bits per heavy atom. The molecule has 0 radical (unpaired) electrons. The number of aromatic carboxylic acids is 1.